The zero-order valence-corrected chi connectivity index (χ0v) is 41.0. The lowest BCUT2D eigenvalue weighted by atomic mass is 10.0. The Balaban J connectivity index is 2.38. The van der Waals surface area contributed by atoms with Gasteiger partial charge in [0, 0.05) is 37.3 Å². The van der Waals surface area contributed by atoms with Gasteiger partial charge in [0.2, 0.25) is 59.1 Å². The van der Waals surface area contributed by atoms with E-state index in [0.717, 1.165) is 4.90 Å². The van der Waals surface area contributed by atoms with Crippen LogP contribution in [0.5, 0.6) is 0 Å². The first kappa shape index (κ1) is 60.6. The summed E-state index contributed by atoms with van der Waals surface area (Å²) >= 11 is 7.89. The number of primary amides is 2. The van der Waals surface area contributed by atoms with E-state index in [1.807, 2.05) is 0 Å². The van der Waals surface area contributed by atoms with Gasteiger partial charge in [-0.05, 0) is 43.6 Å². The fourth-order valence-electron chi connectivity index (χ4n) is 7.12. The van der Waals surface area contributed by atoms with Gasteiger partial charge in [-0.2, -0.15) is 25.3 Å². The molecular weight excluding hydrogens is 975 g/mol. The second-order valence-corrected chi connectivity index (χ2v) is 17.8. The number of aliphatic carboxylic acids is 2. The first-order chi connectivity index (χ1) is 33.4. The molecule has 0 unspecified atom stereocenters. The molecule has 1 aliphatic heterocycles. The summed E-state index contributed by atoms with van der Waals surface area (Å²) in [6.45, 7) is 2.34. The minimum atomic E-state index is -1.91. The number of aliphatic hydroxyl groups excluding tert-OH is 1. The molecule has 1 aromatic carbocycles. The Morgan fingerprint density at radius 3 is 1.68 bits per heavy atom. The van der Waals surface area contributed by atoms with E-state index in [9.17, 15) is 72.9 Å². The van der Waals surface area contributed by atoms with Crippen LogP contribution in [0.4, 0.5) is 0 Å². The highest BCUT2D eigenvalue weighted by Gasteiger charge is 2.40. The molecule has 28 heteroatoms. The molecule has 1 aliphatic rings. The van der Waals surface area contributed by atoms with Crippen LogP contribution in [0.3, 0.4) is 0 Å². The summed E-state index contributed by atoms with van der Waals surface area (Å²) < 4.78 is 0. The number of carbonyl (C=O) groups is 12. The van der Waals surface area contributed by atoms with Crippen molar-refractivity contribution in [3.63, 3.8) is 0 Å². The van der Waals surface area contributed by atoms with E-state index in [1.54, 1.807) is 44.2 Å². The van der Waals surface area contributed by atoms with Crippen LogP contribution < -0.4 is 54.4 Å². The van der Waals surface area contributed by atoms with Gasteiger partial charge in [0.1, 0.15) is 48.3 Å². The van der Waals surface area contributed by atoms with Crippen LogP contribution in [-0.2, 0) is 64.0 Å². The number of benzene rings is 1. The second kappa shape index (κ2) is 30.3. The number of nitrogens with one attached hydrogen (secondary N) is 7. The average Bonchev–Trinajstić information content (AvgIpc) is 3.81. The van der Waals surface area contributed by atoms with E-state index in [0.29, 0.717) is 12.0 Å². The first-order valence-electron chi connectivity index (χ1n) is 22.5. The zero-order valence-electron chi connectivity index (χ0n) is 39.2. The maximum absolute atomic E-state index is 14.1. The summed E-state index contributed by atoms with van der Waals surface area (Å²) in [5.74, 6) is -13.2. The summed E-state index contributed by atoms with van der Waals surface area (Å²) in [6.07, 6.45) is -2.39. The summed E-state index contributed by atoms with van der Waals surface area (Å²) in [5, 5.41) is 46.0. The average molecular weight is 1040 g/mol. The Kier molecular flexibility index (Phi) is 25.8. The molecule has 10 amide bonds. The normalized spacial score (nSPS) is 16.5. The molecule has 71 heavy (non-hydrogen) atoms. The molecule has 394 valence electrons. The fraction of sp³-hybridized carbons (Fsp3) is 0.581. The fourth-order valence-corrected chi connectivity index (χ4v) is 7.53. The molecule has 0 radical (unpaired) electrons. The van der Waals surface area contributed by atoms with Gasteiger partial charge in [0.25, 0.3) is 0 Å². The molecule has 0 aromatic heterocycles. The van der Waals surface area contributed by atoms with Crippen molar-refractivity contribution >= 4 is 96.3 Å². The monoisotopic (exact) mass is 1040 g/mol. The molecule has 16 N–H and O–H groups in total. The molecule has 0 aliphatic carbocycles. The van der Waals surface area contributed by atoms with Crippen molar-refractivity contribution in [2.75, 3.05) is 24.7 Å². The lowest BCUT2D eigenvalue weighted by Gasteiger charge is -2.30. The molecule has 2 rings (SSSR count). The summed E-state index contributed by atoms with van der Waals surface area (Å²) in [6, 6.07) is -5.40. The Morgan fingerprint density at radius 1 is 0.648 bits per heavy atom. The third kappa shape index (κ3) is 20.8. The number of carboxylic acid groups (broad SMARTS) is 2. The van der Waals surface area contributed by atoms with Crippen LogP contribution in [0, 0.1) is 5.92 Å². The minimum absolute atomic E-state index is 0.0299. The van der Waals surface area contributed by atoms with E-state index in [1.165, 1.54) is 0 Å². The van der Waals surface area contributed by atoms with E-state index in [4.69, 9.17) is 17.2 Å². The number of hydrogen-bond acceptors (Lipinski definition) is 16. The van der Waals surface area contributed by atoms with Gasteiger partial charge >= 0.3 is 11.9 Å². The number of carbonyl (C=O) groups excluding carboxylic acids is 10. The van der Waals surface area contributed by atoms with E-state index in [-0.39, 0.29) is 62.5 Å². The molecule has 26 nitrogen and oxygen atoms in total. The van der Waals surface area contributed by atoms with Gasteiger partial charge in [-0.1, -0.05) is 44.2 Å². The third-order valence-corrected chi connectivity index (χ3v) is 11.6. The lowest BCUT2D eigenvalue weighted by molar-refractivity contribution is -0.143. The lowest BCUT2D eigenvalue weighted by Crippen LogP contribution is -2.61. The van der Waals surface area contributed by atoms with Crippen molar-refractivity contribution in [2.45, 2.75) is 126 Å². The van der Waals surface area contributed by atoms with Gasteiger partial charge in [0.15, 0.2) is 0 Å². The van der Waals surface area contributed by atoms with Gasteiger partial charge in [-0.3, -0.25) is 52.7 Å². The highest BCUT2D eigenvalue weighted by atomic mass is 32.1. The maximum Gasteiger partial charge on any atom is 0.327 e. The van der Waals surface area contributed by atoms with Crippen molar-refractivity contribution in [2.24, 2.45) is 23.1 Å². The van der Waals surface area contributed by atoms with E-state index >= 15 is 0 Å². The SMILES string of the molecule is CC(C)C[C@H](NC(=O)[C@H](CC(=O)O)NC(=O)[C@H](Cc1ccccc1)NC(=O)[C@H](CO)NC(=O)[C@@H]1CCCN1C(=O)[C@H](CCC(N)=O)NC(=O)[C@@H](N)CS)C(=O)N[C@@H](CCC(N)=O)C(=O)N[C@@H](CS)C(=O)O. The van der Waals surface area contributed by atoms with Crippen LogP contribution >= 0.6 is 25.3 Å². The molecule has 0 saturated carbocycles. The van der Waals surface area contributed by atoms with Gasteiger partial charge in [0.05, 0.1) is 19.1 Å². The summed E-state index contributed by atoms with van der Waals surface area (Å²) in [4.78, 5) is 157. The number of thiol groups is 2. The van der Waals surface area contributed by atoms with Crippen LogP contribution in [0.1, 0.15) is 70.8 Å². The quantitative estimate of drug-likeness (QED) is 0.0310. The minimum Gasteiger partial charge on any atom is -0.481 e. The number of hydrogen-bond donors (Lipinski definition) is 15. The van der Waals surface area contributed by atoms with Crippen molar-refractivity contribution in [1.82, 2.24) is 42.1 Å². The highest BCUT2D eigenvalue weighted by Crippen LogP contribution is 2.20. The molecule has 1 aromatic rings. The number of amides is 10. The van der Waals surface area contributed by atoms with E-state index in [2.05, 4.69) is 62.5 Å². The molecule has 1 saturated heterocycles. The van der Waals surface area contributed by atoms with Crippen molar-refractivity contribution < 1.29 is 72.9 Å². The molecule has 0 bridgehead atoms. The predicted octanol–water partition coefficient (Wildman–Crippen LogP) is -5.07. The number of aliphatic hydroxyl groups is 1. The Morgan fingerprint density at radius 2 is 1.14 bits per heavy atom. The summed E-state index contributed by atoms with van der Waals surface area (Å²) in [7, 11) is 0. The maximum atomic E-state index is 14.1. The Bertz CT molecular complexity index is 2090. The summed E-state index contributed by atoms with van der Waals surface area (Å²) in [5.41, 5.74) is 16.7. The number of likely N-dealkylation sites (tertiary alicyclic amines) is 1. The van der Waals surface area contributed by atoms with Crippen molar-refractivity contribution in [3.8, 4) is 0 Å². The molecule has 9 atom stereocenters. The number of nitrogens with zero attached hydrogens (tertiary/aromatic N) is 1. The molecule has 0 spiro atoms. The molecule has 1 fully saturated rings. The van der Waals surface area contributed by atoms with Gasteiger partial charge in [-0.25, -0.2) is 4.79 Å². The molecular formula is C43H65N11O15S2. The zero-order chi connectivity index (χ0) is 53.5. The number of nitrogens with two attached hydrogens (primary N) is 3. The highest BCUT2D eigenvalue weighted by molar-refractivity contribution is 7.80. The van der Waals surface area contributed by atoms with Crippen molar-refractivity contribution in [3.05, 3.63) is 35.9 Å². The van der Waals surface area contributed by atoms with Gasteiger partial charge < -0.3 is 74.6 Å². The van der Waals surface area contributed by atoms with E-state index < -0.39 is 145 Å². The largest absolute Gasteiger partial charge is 0.481 e. The van der Waals surface area contributed by atoms with Crippen molar-refractivity contribution in [1.29, 1.82) is 0 Å². The first-order valence-corrected chi connectivity index (χ1v) is 23.7. The third-order valence-electron chi connectivity index (χ3n) is 10.9. The van der Waals surface area contributed by atoms with Crippen LogP contribution in [-0.4, -0.2) is 170 Å². The van der Waals surface area contributed by atoms with Crippen LogP contribution in [0.2, 0.25) is 0 Å². The van der Waals surface area contributed by atoms with Crippen LogP contribution in [0.25, 0.3) is 0 Å². The number of carboxylic acids is 2. The smallest absolute Gasteiger partial charge is 0.327 e. The predicted molar refractivity (Wildman–Crippen MR) is 257 cm³/mol. The Labute approximate surface area is 419 Å². The van der Waals surface area contributed by atoms with Crippen LogP contribution in [0.15, 0.2) is 30.3 Å². The Hall–Kier alpha value is -6.52. The number of rotatable bonds is 31. The topological polar surface area (TPSA) is 431 Å². The molecule has 1 heterocycles. The second-order valence-electron chi connectivity index (χ2n) is 17.0. The standard InChI is InChI=1S/C43H65N11O15S2/c1-21(2)15-26(37(62)47-24(10-12-32(45)56)36(61)53-30(20-71)43(68)69)49-39(64)28(17-34(58)59)51-38(63)27(16-22-7-4-3-5-8-22)50-40(65)29(18-55)52-41(66)31-9-6-14-54(31)42(67)25(11-13-33(46)57)48-35(60)23(44)19-70/h3-5,7-8,21,23-31,55,70-71H,6,9-20,44H2,1-2H3,(H2,45,56)(H2,46,57)(H,47,62)(H,48,60)(H,49,64)(H,50,65)(H,51,63)(H,52,66)(H,53,61)(H,58,59)(H,68,69)/t23-,24-,25-,26-,27-,28-,29-,30-,31-/m0/s1. The van der Waals surface area contributed by atoms with Gasteiger partial charge in [-0.15, -0.1) is 0 Å².